The molecule has 0 unspecified atom stereocenters. The number of carbonyl (C=O) groups is 1. The molecule has 0 fully saturated rings. The number of benzene rings is 1. The van der Waals surface area contributed by atoms with Crippen molar-refractivity contribution in [2.45, 2.75) is 6.54 Å². The van der Waals surface area contributed by atoms with Crippen LogP contribution in [-0.4, -0.2) is 10.9 Å². The van der Waals surface area contributed by atoms with Crippen molar-refractivity contribution in [1.29, 1.82) is 5.26 Å². The van der Waals surface area contributed by atoms with Crippen LogP contribution in [0.25, 0.3) is 20.7 Å². The number of nitrogens with zero attached hydrogens (tertiary/aromatic N) is 2. The van der Waals surface area contributed by atoms with E-state index in [0.29, 0.717) is 25.7 Å². The summed E-state index contributed by atoms with van der Waals surface area (Å²) >= 11 is 8.77. The number of hydrogen-bond acceptors (Lipinski definition) is 7. The molecule has 0 saturated heterocycles. The number of nitrogens with two attached hydrogens (primary N) is 2. The second-order valence-corrected chi connectivity index (χ2v) is 8.49. The van der Waals surface area contributed by atoms with Crippen LogP contribution in [0.15, 0.2) is 41.8 Å². The van der Waals surface area contributed by atoms with E-state index in [4.69, 9.17) is 23.1 Å². The fourth-order valence-electron chi connectivity index (χ4n) is 3.02. The van der Waals surface area contributed by atoms with Crippen molar-refractivity contribution >= 4 is 61.9 Å². The first-order valence-electron chi connectivity index (χ1n) is 8.48. The Labute approximate surface area is 179 Å². The molecular formula is C20H14ClN5OS2. The number of carbonyl (C=O) groups excluding carboxylic acids is 1. The molecule has 0 spiro atoms. The number of anilines is 2. The molecule has 0 atom stereocenters. The van der Waals surface area contributed by atoms with Gasteiger partial charge >= 0.3 is 0 Å². The first kappa shape index (κ1) is 19.2. The molecule has 1 amide bonds. The van der Waals surface area contributed by atoms with Gasteiger partial charge in [0, 0.05) is 27.4 Å². The van der Waals surface area contributed by atoms with E-state index in [1.807, 2.05) is 35.7 Å². The van der Waals surface area contributed by atoms with Gasteiger partial charge in [-0.1, -0.05) is 35.9 Å². The third-order valence-corrected chi connectivity index (χ3v) is 6.74. The van der Waals surface area contributed by atoms with Crippen LogP contribution < -0.4 is 16.8 Å². The van der Waals surface area contributed by atoms with Gasteiger partial charge in [0.05, 0.1) is 5.69 Å². The molecule has 29 heavy (non-hydrogen) atoms. The number of rotatable bonds is 4. The molecule has 0 radical (unpaired) electrons. The van der Waals surface area contributed by atoms with Crippen LogP contribution in [0.1, 0.15) is 20.8 Å². The van der Waals surface area contributed by atoms with Gasteiger partial charge in [-0.05, 0) is 23.1 Å². The summed E-state index contributed by atoms with van der Waals surface area (Å²) in [6.07, 6.45) is 0. The topological polar surface area (TPSA) is 118 Å². The van der Waals surface area contributed by atoms with Crippen molar-refractivity contribution in [3.8, 4) is 16.5 Å². The zero-order valence-corrected chi connectivity index (χ0v) is 17.3. The van der Waals surface area contributed by atoms with Gasteiger partial charge in [-0.2, -0.15) is 5.26 Å². The van der Waals surface area contributed by atoms with Gasteiger partial charge in [0.1, 0.15) is 27.2 Å². The number of thiophene rings is 2. The van der Waals surface area contributed by atoms with Gasteiger partial charge in [0.25, 0.3) is 5.91 Å². The zero-order chi connectivity index (χ0) is 20.5. The maximum Gasteiger partial charge on any atom is 0.263 e. The van der Waals surface area contributed by atoms with Crippen LogP contribution >= 0.6 is 34.3 Å². The number of fused-ring (bicyclic) bond motifs is 1. The Kier molecular flexibility index (Phi) is 5.11. The van der Waals surface area contributed by atoms with Crippen LogP contribution in [0, 0.1) is 11.3 Å². The monoisotopic (exact) mass is 439 g/mol. The minimum absolute atomic E-state index is 0.118. The molecule has 5 N–H and O–H groups in total. The highest BCUT2D eigenvalue weighted by Gasteiger charge is 2.24. The summed E-state index contributed by atoms with van der Waals surface area (Å²) in [5, 5.41) is 15.5. The lowest BCUT2D eigenvalue weighted by Crippen LogP contribution is -2.22. The zero-order valence-electron chi connectivity index (χ0n) is 14.9. The number of halogens is 1. The minimum atomic E-state index is -0.334. The Bertz CT molecular complexity index is 1270. The molecule has 0 aliphatic heterocycles. The normalized spacial score (nSPS) is 10.8. The molecule has 4 aromatic rings. The highest BCUT2D eigenvalue weighted by Crippen LogP contribution is 2.43. The lowest BCUT2D eigenvalue weighted by molar-refractivity contribution is 0.0956. The predicted octanol–water partition coefficient (Wildman–Crippen LogP) is 4.64. The number of aromatic nitrogens is 1. The number of nitrogen functional groups attached to an aromatic ring is 2. The Morgan fingerprint density at radius 3 is 2.72 bits per heavy atom. The molecule has 0 bridgehead atoms. The average molecular weight is 440 g/mol. The Morgan fingerprint density at radius 1 is 1.24 bits per heavy atom. The summed E-state index contributed by atoms with van der Waals surface area (Å²) in [7, 11) is 0. The van der Waals surface area contributed by atoms with E-state index in [-0.39, 0.29) is 29.5 Å². The SMILES string of the molecule is N#Cc1c(N)nc2sc(C(=O)NCc3ccccc3Cl)c(N)c2c1-c1cccs1. The minimum Gasteiger partial charge on any atom is -0.397 e. The number of nitriles is 1. The predicted molar refractivity (Wildman–Crippen MR) is 119 cm³/mol. The summed E-state index contributed by atoms with van der Waals surface area (Å²) < 4.78 is 0. The Hall–Kier alpha value is -3.12. The summed E-state index contributed by atoms with van der Waals surface area (Å²) in [6.45, 7) is 0.267. The number of pyridine rings is 1. The van der Waals surface area contributed by atoms with Gasteiger partial charge in [-0.3, -0.25) is 4.79 Å². The van der Waals surface area contributed by atoms with E-state index >= 15 is 0 Å². The van der Waals surface area contributed by atoms with Gasteiger partial charge in [-0.25, -0.2) is 4.98 Å². The first-order chi connectivity index (χ1) is 14.0. The van der Waals surface area contributed by atoms with Crippen LogP contribution in [0.5, 0.6) is 0 Å². The quantitative estimate of drug-likeness (QED) is 0.428. The molecule has 3 aromatic heterocycles. The molecule has 0 saturated carbocycles. The van der Waals surface area contributed by atoms with Crippen molar-refractivity contribution in [2.75, 3.05) is 11.5 Å². The highest BCUT2D eigenvalue weighted by molar-refractivity contribution is 7.21. The highest BCUT2D eigenvalue weighted by atomic mass is 35.5. The maximum atomic E-state index is 12.8. The summed E-state index contributed by atoms with van der Waals surface area (Å²) in [4.78, 5) is 18.8. The number of nitrogens with one attached hydrogen (secondary N) is 1. The van der Waals surface area contributed by atoms with E-state index in [1.165, 1.54) is 11.3 Å². The van der Waals surface area contributed by atoms with Crippen molar-refractivity contribution in [2.24, 2.45) is 0 Å². The van der Waals surface area contributed by atoms with E-state index in [9.17, 15) is 10.1 Å². The van der Waals surface area contributed by atoms with Crippen molar-refractivity contribution in [1.82, 2.24) is 10.3 Å². The molecule has 0 aliphatic carbocycles. The van der Waals surface area contributed by atoms with Crippen molar-refractivity contribution < 1.29 is 4.79 Å². The molecule has 3 heterocycles. The standard InChI is InChI=1S/C20H14ClN5OS2/c21-12-5-2-1-4-10(12)9-25-19(27)17-16(23)15-14(13-6-3-7-28-13)11(8-22)18(24)26-20(15)29-17/h1-7H,9,23H2,(H2,24,26)(H,25,27). The average Bonchev–Trinajstić information content (AvgIpc) is 3.34. The molecule has 6 nitrogen and oxygen atoms in total. The van der Waals surface area contributed by atoms with Crippen LogP contribution in [0.2, 0.25) is 5.02 Å². The Morgan fingerprint density at radius 2 is 2.03 bits per heavy atom. The summed E-state index contributed by atoms with van der Waals surface area (Å²) in [5.41, 5.74) is 14.3. The van der Waals surface area contributed by atoms with Gasteiger partial charge in [0.15, 0.2) is 0 Å². The molecule has 1 aromatic carbocycles. The lowest BCUT2D eigenvalue weighted by atomic mass is 10.0. The maximum absolute atomic E-state index is 12.8. The summed E-state index contributed by atoms with van der Waals surface area (Å²) in [5.74, 6) is -0.215. The molecular weight excluding hydrogens is 426 g/mol. The third-order valence-electron chi connectivity index (χ3n) is 4.39. The van der Waals surface area contributed by atoms with E-state index in [0.717, 1.165) is 21.8 Å². The van der Waals surface area contributed by atoms with Crippen molar-refractivity contribution in [3.05, 3.63) is 62.8 Å². The smallest absolute Gasteiger partial charge is 0.263 e. The van der Waals surface area contributed by atoms with Gasteiger partial charge < -0.3 is 16.8 Å². The third kappa shape index (κ3) is 3.40. The molecule has 4 rings (SSSR count). The van der Waals surface area contributed by atoms with Crippen LogP contribution in [0.3, 0.4) is 0 Å². The van der Waals surface area contributed by atoms with E-state index in [1.54, 1.807) is 6.07 Å². The fraction of sp³-hybridized carbons (Fsp3) is 0.0500. The second kappa shape index (κ2) is 7.72. The Balaban J connectivity index is 1.78. The molecule has 9 heteroatoms. The van der Waals surface area contributed by atoms with Gasteiger partial charge in [0.2, 0.25) is 0 Å². The van der Waals surface area contributed by atoms with Crippen LogP contribution in [-0.2, 0) is 6.54 Å². The largest absolute Gasteiger partial charge is 0.397 e. The van der Waals surface area contributed by atoms with E-state index in [2.05, 4.69) is 16.4 Å². The fourth-order valence-corrected chi connectivity index (χ4v) is 5.03. The lowest BCUT2D eigenvalue weighted by Gasteiger charge is -2.08. The summed E-state index contributed by atoms with van der Waals surface area (Å²) in [6, 6.07) is 13.2. The van der Waals surface area contributed by atoms with E-state index < -0.39 is 0 Å². The van der Waals surface area contributed by atoms with Crippen LogP contribution in [0.4, 0.5) is 11.5 Å². The molecule has 0 aliphatic rings. The number of amides is 1. The molecule has 144 valence electrons. The van der Waals surface area contributed by atoms with Gasteiger partial charge in [-0.15, -0.1) is 22.7 Å². The second-order valence-electron chi connectivity index (χ2n) is 6.14. The number of hydrogen-bond donors (Lipinski definition) is 3. The van der Waals surface area contributed by atoms with Crippen molar-refractivity contribution in [3.63, 3.8) is 0 Å². The first-order valence-corrected chi connectivity index (χ1v) is 10.6.